The van der Waals surface area contributed by atoms with Crippen molar-refractivity contribution < 1.29 is 0 Å². The third-order valence-corrected chi connectivity index (χ3v) is 5.08. The summed E-state index contributed by atoms with van der Waals surface area (Å²) in [5.74, 6) is 2.56. The number of thioether (sulfide) groups is 1. The van der Waals surface area contributed by atoms with E-state index in [1.54, 1.807) is 11.3 Å². The van der Waals surface area contributed by atoms with Gasteiger partial charge in [0.15, 0.2) is 0 Å². The van der Waals surface area contributed by atoms with Gasteiger partial charge in [0.25, 0.3) is 0 Å². The van der Waals surface area contributed by atoms with E-state index in [1.807, 2.05) is 30.1 Å². The molecular formula is C12H16N4S3. The maximum Gasteiger partial charge on any atom is 0.149 e. The molecule has 0 radical (unpaired) electrons. The second kappa shape index (κ2) is 6.93. The van der Waals surface area contributed by atoms with E-state index in [0.717, 1.165) is 39.3 Å². The van der Waals surface area contributed by atoms with Crippen molar-refractivity contribution in [2.24, 2.45) is 0 Å². The molecular weight excluding hydrogens is 296 g/mol. The number of aryl methyl sites for hydroxylation is 1. The topological polar surface area (TPSA) is 63.8 Å². The van der Waals surface area contributed by atoms with E-state index in [9.17, 15) is 0 Å². The Balaban J connectivity index is 2.03. The van der Waals surface area contributed by atoms with E-state index in [4.69, 9.17) is 5.73 Å². The first kappa shape index (κ1) is 14.4. The maximum absolute atomic E-state index is 5.94. The van der Waals surface area contributed by atoms with E-state index in [2.05, 4.69) is 21.3 Å². The van der Waals surface area contributed by atoms with Crippen molar-refractivity contribution >= 4 is 45.5 Å². The molecule has 3 N–H and O–H groups in total. The normalized spacial score (nSPS) is 10.6. The highest BCUT2D eigenvalue weighted by molar-refractivity contribution is 7.99. The van der Waals surface area contributed by atoms with Crippen LogP contribution >= 0.6 is 34.6 Å². The molecule has 0 saturated carbocycles. The number of thiazole rings is 1. The minimum absolute atomic E-state index is 0.556. The highest BCUT2D eigenvalue weighted by atomic mass is 32.2. The van der Waals surface area contributed by atoms with Crippen molar-refractivity contribution in [2.45, 2.75) is 6.92 Å². The van der Waals surface area contributed by atoms with Gasteiger partial charge in [-0.2, -0.15) is 16.1 Å². The SMILES string of the molecule is C=CCSCCNc1snc(N)c1-c1nc(C)cs1. The van der Waals surface area contributed by atoms with Gasteiger partial charge in [-0.05, 0) is 18.5 Å². The Hall–Kier alpha value is -1.05. The Morgan fingerprint density at radius 2 is 2.42 bits per heavy atom. The predicted molar refractivity (Wildman–Crippen MR) is 88.4 cm³/mol. The molecule has 0 aliphatic heterocycles. The Kier molecular flexibility index (Phi) is 5.24. The predicted octanol–water partition coefficient (Wildman–Crippen LogP) is 3.49. The van der Waals surface area contributed by atoms with Crippen molar-refractivity contribution in [3.63, 3.8) is 0 Å². The number of nitrogens with two attached hydrogens (primary N) is 1. The lowest BCUT2D eigenvalue weighted by Gasteiger charge is -2.04. The highest BCUT2D eigenvalue weighted by Crippen LogP contribution is 2.38. The fourth-order valence-corrected chi connectivity index (χ4v) is 3.74. The van der Waals surface area contributed by atoms with Crippen molar-refractivity contribution in [1.29, 1.82) is 0 Å². The van der Waals surface area contributed by atoms with Crippen LogP contribution in [0, 0.1) is 6.92 Å². The zero-order chi connectivity index (χ0) is 13.7. The molecule has 2 rings (SSSR count). The van der Waals surface area contributed by atoms with Crippen LogP contribution in [0.4, 0.5) is 10.8 Å². The first-order valence-electron chi connectivity index (χ1n) is 5.82. The standard InChI is InChI=1S/C12H16N4S3/c1-3-5-17-6-4-14-11-9(10(13)16-19-11)12-15-8(2)7-18-12/h3,7,14H,1,4-6H2,2H3,(H2,13,16). The molecule has 19 heavy (non-hydrogen) atoms. The van der Waals surface area contributed by atoms with Gasteiger partial charge in [-0.3, -0.25) is 0 Å². The summed E-state index contributed by atoms with van der Waals surface area (Å²) in [6.45, 7) is 6.57. The van der Waals surface area contributed by atoms with Crippen LogP contribution in [0.1, 0.15) is 5.69 Å². The zero-order valence-electron chi connectivity index (χ0n) is 10.7. The summed E-state index contributed by atoms with van der Waals surface area (Å²) in [5, 5.41) is 7.35. The quantitative estimate of drug-likeness (QED) is 0.605. The van der Waals surface area contributed by atoms with Crippen LogP contribution in [-0.4, -0.2) is 27.4 Å². The first-order valence-corrected chi connectivity index (χ1v) is 8.63. The van der Waals surface area contributed by atoms with E-state index >= 15 is 0 Å². The van der Waals surface area contributed by atoms with E-state index in [1.165, 1.54) is 11.5 Å². The molecule has 102 valence electrons. The number of nitrogens with zero attached hydrogens (tertiary/aromatic N) is 2. The van der Waals surface area contributed by atoms with Crippen LogP contribution in [0.25, 0.3) is 10.6 Å². The van der Waals surface area contributed by atoms with Crippen LogP contribution in [0.15, 0.2) is 18.0 Å². The molecule has 0 unspecified atom stereocenters. The summed E-state index contributed by atoms with van der Waals surface area (Å²) in [5.41, 5.74) is 7.90. The average Bonchev–Trinajstić information content (AvgIpc) is 2.95. The second-order valence-corrected chi connectivity index (χ2v) is 6.64. The van der Waals surface area contributed by atoms with Gasteiger partial charge < -0.3 is 11.1 Å². The second-order valence-electron chi connectivity index (χ2n) is 3.86. The van der Waals surface area contributed by atoms with Crippen LogP contribution in [0.5, 0.6) is 0 Å². The van der Waals surface area contributed by atoms with E-state index in [-0.39, 0.29) is 0 Å². The van der Waals surface area contributed by atoms with Crippen LogP contribution in [0.3, 0.4) is 0 Å². The van der Waals surface area contributed by atoms with Gasteiger partial charge in [0.2, 0.25) is 0 Å². The number of nitrogen functional groups attached to an aromatic ring is 1. The lowest BCUT2D eigenvalue weighted by Crippen LogP contribution is -2.04. The Morgan fingerprint density at radius 1 is 1.58 bits per heavy atom. The van der Waals surface area contributed by atoms with Crippen LogP contribution in [-0.2, 0) is 0 Å². The van der Waals surface area contributed by atoms with Gasteiger partial charge in [0, 0.05) is 29.1 Å². The van der Waals surface area contributed by atoms with Gasteiger partial charge in [0.05, 0.1) is 5.56 Å². The number of nitrogens with one attached hydrogen (secondary N) is 1. The molecule has 0 saturated heterocycles. The molecule has 0 aliphatic carbocycles. The number of hydrogen-bond acceptors (Lipinski definition) is 7. The average molecular weight is 312 g/mol. The summed E-state index contributed by atoms with van der Waals surface area (Å²) in [4.78, 5) is 4.48. The minimum Gasteiger partial charge on any atom is -0.382 e. The summed E-state index contributed by atoms with van der Waals surface area (Å²) in [7, 11) is 0. The van der Waals surface area contributed by atoms with Gasteiger partial charge in [-0.1, -0.05) is 6.08 Å². The lowest BCUT2D eigenvalue weighted by atomic mass is 10.3. The lowest BCUT2D eigenvalue weighted by molar-refractivity contribution is 1.24. The monoisotopic (exact) mass is 312 g/mol. The minimum atomic E-state index is 0.556. The molecule has 2 aromatic rings. The zero-order valence-corrected chi connectivity index (χ0v) is 13.1. The molecule has 0 atom stereocenters. The van der Waals surface area contributed by atoms with Crippen molar-refractivity contribution in [3.8, 4) is 10.6 Å². The van der Waals surface area contributed by atoms with Crippen LogP contribution < -0.4 is 11.1 Å². The first-order chi connectivity index (χ1) is 9.22. The fraction of sp³-hybridized carbons (Fsp3) is 0.333. The van der Waals surface area contributed by atoms with Crippen molar-refractivity contribution in [3.05, 3.63) is 23.7 Å². The molecule has 0 fully saturated rings. The molecule has 4 nitrogen and oxygen atoms in total. The molecule has 7 heteroatoms. The number of hydrogen-bond donors (Lipinski definition) is 2. The largest absolute Gasteiger partial charge is 0.382 e. The summed E-state index contributed by atoms with van der Waals surface area (Å²) in [6.07, 6.45) is 1.92. The third kappa shape index (κ3) is 3.71. The van der Waals surface area contributed by atoms with Gasteiger partial charge in [-0.15, -0.1) is 17.9 Å². The highest BCUT2D eigenvalue weighted by Gasteiger charge is 2.16. The summed E-state index contributed by atoms with van der Waals surface area (Å²) in [6, 6.07) is 0. The Labute approximate surface area is 125 Å². The number of rotatable bonds is 7. The smallest absolute Gasteiger partial charge is 0.149 e. The summed E-state index contributed by atoms with van der Waals surface area (Å²) >= 11 is 4.84. The molecule has 0 spiro atoms. The van der Waals surface area contributed by atoms with E-state index in [0.29, 0.717) is 5.82 Å². The molecule has 0 bridgehead atoms. The molecule has 0 aromatic carbocycles. The van der Waals surface area contributed by atoms with Gasteiger partial charge >= 0.3 is 0 Å². The molecule has 0 amide bonds. The third-order valence-electron chi connectivity index (χ3n) is 2.32. The molecule has 0 aliphatic rings. The Morgan fingerprint density at radius 3 is 3.11 bits per heavy atom. The van der Waals surface area contributed by atoms with Crippen LogP contribution in [0.2, 0.25) is 0 Å². The van der Waals surface area contributed by atoms with E-state index < -0.39 is 0 Å². The number of aromatic nitrogens is 2. The van der Waals surface area contributed by atoms with Gasteiger partial charge in [0.1, 0.15) is 15.8 Å². The maximum atomic E-state index is 5.94. The molecule has 2 aromatic heterocycles. The Bertz CT molecular complexity index is 547. The van der Waals surface area contributed by atoms with Crippen molar-refractivity contribution in [1.82, 2.24) is 9.36 Å². The van der Waals surface area contributed by atoms with Crippen molar-refractivity contribution in [2.75, 3.05) is 29.1 Å². The summed E-state index contributed by atoms with van der Waals surface area (Å²) < 4.78 is 4.22. The fourth-order valence-electron chi connectivity index (χ4n) is 1.50. The molecule has 2 heterocycles. The van der Waals surface area contributed by atoms with Gasteiger partial charge in [-0.25, -0.2) is 4.98 Å². The number of anilines is 2.